The van der Waals surface area contributed by atoms with E-state index in [1.807, 2.05) is 13.8 Å². The normalized spacial score (nSPS) is 16.5. The Hall–Kier alpha value is -3.21. The lowest BCUT2D eigenvalue weighted by Crippen LogP contribution is -2.50. The predicted octanol–water partition coefficient (Wildman–Crippen LogP) is 2.37. The molecule has 2 N–H and O–H groups in total. The molecule has 2 aliphatic heterocycles. The first-order chi connectivity index (χ1) is 18.6. The Morgan fingerprint density at radius 3 is 2.21 bits per heavy atom. The minimum atomic E-state index is -0.766. The van der Waals surface area contributed by atoms with Gasteiger partial charge in [-0.1, -0.05) is 37.7 Å². The molecule has 1 fully saturated rings. The van der Waals surface area contributed by atoms with Crippen LogP contribution in [0, 0.1) is 5.92 Å². The fourth-order valence-electron chi connectivity index (χ4n) is 4.83. The number of carbonyl (C=O) groups is 6. The van der Waals surface area contributed by atoms with E-state index in [0.717, 1.165) is 24.7 Å². The van der Waals surface area contributed by atoms with Crippen molar-refractivity contribution < 1.29 is 28.8 Å². The summed E-state index contributed by atoms with van der Waals surface area (Å²) in [4.78, 5) is 78.0. The zero-order chi connectivity index (χ0) is 28.5. The second-order valence-corrected chi connectivity index (χ2v) is 11.7. The second kappa shape index (κ2) is 14.3. The van der Waals surface area contributed by atoms with E-state index in [0.29, 0.717) is 49.9 Å². The van der Waals surface area contributed by atoms with Gasteiger partial charge in [0.1, 0.15) is 6.04 Å². The summed E-state index contributed by atoms with van der Waals surface area (Å²) >= 11 is 0.879. The molecular formula is C28H38N4O6S. The number of imide groups is 1. The van der Waals surface area contributed by atoms with Crippen molar-refractivity contribution in [1.82, 2.24) is 20.4 Å². The molecule has 3 rings (SSSR count). The molecule has 2 heterocycles. The Morgan fingerprint density at radius 2 is 1.64 bits per heavy atom. The molecule has 0 radical (unpaired) electrons. The van der Waals surface area contributed by atoms with Gasteiger partial charge in [-0.15, -0.1) is 0 Å². The average molecular weight is 559 g/mol. The number of thioether (sulfide) groups is 1. The van der Waals surface area contributed by atoms with Gasteiger partial charge in [-0.3, -0.25) is 33.7 Å². The highest BCUT2D eigenvalue weighted by Gasteiger charge is 2.35. The highest BCUT2D eigenvalue weighted by molar-refractivity contribution is 8.14. The van der Waals surface area contributed by atoms with Gasteiger partial charge < -0.3 is 15.5 Å². The Bertz CT molecular complexity index is 1070. The second-order valence-electron chi connectivity index (χ2n) is 10.4. The van der Waals surface area contributed by atoms with E-state index < -0.39 is 17.2 Å². The van der Waals surface area contributed by atoms with Crippen LogP contribution < -0.4 is 10.6 Å². The maximum Gasteiger partial charge on any atom is 0.261 e. The number of carbonyl (C=O) groups excluding carboxylic acids is 6. The van der Waals surface area contributed by atoms with E-state index in [1.165, 1.54) is 11.8 Å². The standard InChI is InChI=1S/C28H38N4O6S/c1-18(2)17-22(25(35)29-13-8-15-31-14-7-12-24(31)34)30-26(36)23(39-19(3)33)11-6-16-32-27(37)20-9-4-5-10-21(20)28(32)38/h4-5,9-10,18,22-23H,6-8,11-17H2,1-3H3,(H,29,35)(H,30,36)/t22-,23?/m0/s1. The first-order valence-electron chi connectivity index (χ1n) is 13.6. The van der Waals surface area contributed by atoms with Gasteiger partial charge >= 0.3 is 0 Å². The van der Waals surface area contributed by atoms with Crippen molar-refractivity contribution in [3.05, 3.63) is 35.4 Å². The Morgan fingerprint density at radius 1 is 0.974 bits per heavy atom. The zero-order valence-electron chi connectivity index (χ0n) is 22.9. The molecule has 1 aromatic carbocycles. The summed E-state index contributed by atoms with van der Waals surface area (Å²) in [5.41, 5.74) is 0.731. The highest BCUT2D eigenvalue weighted by Crippen LogP contribution is 2.24. The maximum absolute atomic E-state index is 13.2. The molecule has 10 nitrogen and oxygen atoms in total. The predicted molar refractivity (Wildman–Crippen MR) is 148 cm³/mol. The molecule has 1 aromatic rings. The van der Waals surface area contributed by atoms with Gasteiger partial charge in [-0.05, 0) is 50.2 Å². The van der Waals surface area contributed by atoms with E-state index >= 15 is 0 Å². The van der Waals surface area contributed by atoms with E-state index in [1.54, 1.807) is 29.2 Å². The number of nitrogens with one attached hydrogen (secondary N) is 2. The van der Waals surface area contributed by atoms with Crippen molar-refractivity contribution in [1.29, 1.82) is 0 Å². The summed E-state index contributed by atoms with van der Waals surface area (Å²) in [7, 11) is 0. The molecule has 2 atom stereocenters. The van der Waals surface area contributed by atoms with E-state index in [9.17, 15) is 28.8 Å². The third-order valence-corrected chi connectivity index (χ3v) is 7.81. The number of amides is 5. The molecule has 212 valence electrons. The SMILES string of the molecule is CC(=O)SC(CCCN1C(=O)c2ccccc2C1=O)C(=O)N[C@@H](CC(C)C)C(=O)NCCCN1CCCC1=O. The lowest BCUT2D eigenvalue weighted by atomic mass is 10.0. The van der Waals surface area contributed by atoms with Gasteiger partial charge in [0.25, 0.3) is 11.8 Å². The third-order valence-electron chi connectivity index (χ3n) is 6.74. The Kier molecular flexibility index (Phi) is 11.1. The number of likely N-dealkylation sites (tertiary alicyclic amines) is 1. The fourth-order valence-corrected chi connectivity index (χ4v) is 5.69. The van der Waals surface area contributed by atoms with Crippen molar-refractivity contribution in [3.8, 4) is 0 Å². The van der Waals surface area contributed by atoms with Gasteiger partial charge in [-0.25, -0.2) is 0 Å². The van der Waals surface area contributed by atoms with Crippen LogP contribution in [0.25, 0.3) is 0 Å². The van der Waals surface area contributed by atoms with Gasteiger partial charge in [0.2, 0.25) is 17.7 Å². The van der Waals surface area contributed by atoms with Crippen LogP contribution in [0.15, 0.2) is 24.3 Å². The van der Waals surface area contributed by atoms with Gasteiger partial charge in [-0.2, -0.15) is 0 Å². The van der Waals surface area contributed by atoms with E-state index in [-0.39, 0.29) is 47.6 Å². The third kappa shape index (κ3) is 8.39. The zero-order valence-corrected chi connectivity index (χ0v) is 23.7. The summed E-state index contributed by atoms with van der Waals surface area (Å²) in [5.74, 6) is -1.18. The minimum absolute atomic E-state index is 0.129. The number of hydrogen-bond donors (Lipinski definition) is 2. The van der Waals surface area contributed by atoms with Crippen LogP contribution in [-0.4, -0.2) is 81.9 Å². The van der Waals surface area contributed by atoms with Crippen molar-refractivity contribution in [2.45, 2.75) is 70.6 Å². The van der Waals surface area contributed by atoms with Gasteiger partial charge in [0.15, 0.2) is 5.12 Å². The topological polar surface area (TPSA) is 133 Å². The van der Waals surface area contributed by atoms with Crippen molar-refractivity contribution >= 4 is 46.4 Å². The molecule has 2 aliphatic rings. The first kappa shape index (κ1) is 30.3. The monoisotopic (exact) mass is 558 g/mol. The van der Waals surface area contributed by atoms with Crippen LogP contribution in [-0.2, 0) is 19.2 Å². The fraction of sp³-hybridized carbons (Fsp3) is 0.571. The number of hydrogen-bond acceptors (Lipinski definition) is 7. The lowest BCUT2D eigenvalue weighted by Gasteiger charge is -2.24. The minimum Gasteiger partial charge on any atom is -0.354 e. The van der Waals surface area contributed by atoms with Crippen LogP contribution in [0.4, 0.5) is 0 Å². The number of benzene rings is 1. The maximum atomic E-state index is 13.2. The Labute approximate surface area is 233 Å². The summed E-state index contributed by atoms with van der Waals surface area (Å²) in [6.45, 7) is 7.14. The largest absolute Gasteiger partial charge is 0.354 e. The summed E-state index contributed by atoms with van der Waals surface area (Å²) < 4.78 is 0. The van der Waals surface area contributed by atoms with Crippen molar-refractivity contribution in [2.75, 3.05) is 26.2 Å². The smallest absolute Gasteiger partial charge is 0.261 e. The quantitative estimate of drug-likeness (QED) is 0.265. The number of rotatable bonds is 14. The molecule has 11 heteroatoms. The van der Waals surface area contributed by atoms with Crippen molar-refractivity contribution in [2.24, 2.45) is 5.92 Å². The molecular weight excluding hydrogens is 520 g/mol. The molecule has 0 aliphatic carbocycles. The van der Waals surface area contributed by atoms with Crippen molar-refractivity contribution in [3.63, 3.8) is 0 Å². The van der Waals surface area contributed by atoms with Crippen LogP contribution in [0.5, 0.6) is 0 Å². The first-order valence-corrected chi connectivity index (χ1v) is 14.4. The van der Waals surface area contributed by atoms with Gasteiger partial charge in [0, 0.05) is 39.5 Å². The van der Waals surface area contributed by atoms with E-state index in [2.05, 4.69) is 10.6 Å². The molecule has 0 aromatic heterocycles. The lowest BCUT2D eigenvalue weighted by molar-refractivity contribution is -0.129. The molecule has 39 heavy (non-hydrogen) atoms. The Balaban J connectivity index is 1.53. The van der Waals surface area contributed by atoms with Crippen LogP contribution >= 0.6 is 11.8 Å². The molecule has 5 amide bonds. The molecule has 1 unspecified atom stereocenters. The average Bonchev–Trinajstić information content (AvgIpc) is 3.40. The number of nitrogens with zero attached hydrogens (tertiary/aromatic N) is 2. The highest BCUT2D eigenvalue weighted by atomic mass is 32.2. The molecule has 0 spiro atoms. The van der Waals surface area contributed by atoms with E-state index in [4.69, 9.17) is 0 Å². The number of fused-ring (bicyclic) bond motifs is 1. The molecule has 0 saturated carbocycles. The summed E-state index contributed by atoms with van der Waals surface area (Å²) in [6.07, 6.45) is 3.08. The van der Waals surface area contributed by atoms with Crippen LogP contribution in [0.1, 0.15) is 80.0 Å². The summed E-state index contributed by atoms with van der Waals surface area (Å²) in [6, 6.07) is 5.87. The van der Waals surface area contributed by atoms with Gasteiger partial charge in [0.05, 0.1) is 16.4 Å². The van der Waals surface area contributed by atoms with Crippen LogP contribution in [0.3, 0.4) is 0 Å². The van der Waals surface area contributed by atoms with Crippen LogP contribution in [0.2, 0.25) is 0 Å². The molecule has 0 bridgehead atoms. The molecule has 1 saturated heterocycles. The summed E-state index contributed by atoms with van der Waals surface area (Å²) in [5, 5.41) is 4.68.